The van der Waals surface area contributed by atoms with E-state index in [1.165, 1.54) is 10.6 Å². The molecule has 1 unspecified atom stereocenters. The lowest BCUT2D eigenvalue weighted by Gasteiger charge is -2.48. The van der Waals surface area contributed by atoms with E-state index in [1.54, 1.807) is 11.6 Å². The van der Waals surface area contributed by atoms with Gasteiger partial charge in [0.05, 0.1) is 0 Å². The lowest BCUT2D eigenvalue weighted by atomic mass is 10.0. The molecule has 0 aliphatic heterocycles. The van der Waals surface area contributed by atoms with Crippen molar-refractivity contribution in [3.05, 3.63) is 91.5 Å². The molecular formula is C27H35P2. The molecule has 29 heavy (non-hydrogen) atoms. The summed E-state index contributed by atoms with van der Waals surface area (Å²) < 4.78 is 0. The molecule has 2 aromatic rings. The third-order valence-corrected chi connectivity index (χ3v) is 11.6. The normalized spacial score (nSPS) is 18.0. The molecule has 1 saturated carbocycles. The van der Waals surface area contributed by atoms with Crippen LogP contribution in [0.4, 0.5) is 0 Å². The first-order valence-corrected chi connectivity index (χ1v) is 13.3. The van der Waals surface area contributed by atoms with Crippen molar-refractivity contribution in [1.82, 2.24) is 0 Å². The molecular weight excluding hydrogens is 386 g/mol. The van der Waals surface area contributed by atoms with E-state index in [0.717, 1.165) is 0 Å². The maximum Gasteiger partial charge on any atom is 0.0125 e. The summed E-state index contributed by atoms with van der Waals surface area (Å²) in [6.45, 7) is 17.0. The molecule has 2 aromatic carbocycles. The number of rotatable bonds is 5. The fraction of sp³-hybridized carbons (Fsp3) is 0.370. The van der Waals surface area contributed by atoms with E-state index in [1.807, 2.05) is 0 Å². The monoisotopic (exact) mass is 421 g/mol. The molecule has 153 valence electrons. The predicted octanol–water partition coefficient (Wildman–Crippen LogP) is 7.32. The van der Waals surface area contributed by atoms with Gasteiger partial charge in [0.2, 0.25) is 0 Å². The van der Waals surface area contributed by atoms with Crippen LogP contribution in [0.2, 0.25) is 0 Å². The molecule has 0 bridgehead atoms. The summed E-state index contributed by atoms with van der Waals surface area (Å²) in [7, 11) is -0.771. The zero-order valence-corrected chi connectivity index (χ0v) is 20.8. The molecule has 5 radical (unpaired) electrons. The average molecular weight is 422 g/mol. The van der Waals surface area contributed by atoms with Gasteiger partial charge in [-0.1, -0.05) is 117 Å². The fourth-order valence-electron chi connectivity index (χ4n) is 4.62. The van der Waals surface area contributed by atoms with Crippen LogP contribution in [0.5, 0.6) is 0 Å². The van der Waals surface area contributed by atoms with E-state index >= 15 is 0 Å². The standard InChI is InChI=1S/C27H35P2/c1-21(24-19-14-20-25(24)29(26(2,3)4)27(5,6)7)28(22-15-10-8-11-16-22)23-17-12-9-13-18-23/h8-21H,1-7H3. The molecule has 1 fully saturated rings. The highest BCUT2D eigenvalue weighted by molar-refractivity contribution is 7.74. The maximum atomic E-state index is 2.45. The Labute approximate surface area is 182 Å². The van der Waals surface area contributed by atoms with Crippen LogP contribution in [0.25, 0.3) is 0 Å². The molecule has 0 heterocycles. The summed E-state index contributed by atoms with van der Waals surface area (Å²) in [5, 5.41) is 3.48. The van der Waals surface area contributed by atoms with Crippen LogP contribution in [0.15, 0.2) is 60.7 Å². The molecule has 0 N–H and O–H groups in total. The summed E-state index contributed by atoms with van der Waals surface area (Å²) in [5.41, 5.74) is 2.08. The molecule has 0 nitrogen and oxygen atoms in total. The van der Waals surface area contributed by atoms with Crippen LogP contribution >= 0.6 is 15.8 Å². The van der Waals surface area contributed by atoms with Crippen molar-refractivity contribution in [2.45, 2.75) is 64.4 Å². The van der Waals surface area contributed by atoms with Crippen molar-refractivity contribution in [2.24, 2.45) is 0 Å². The molecule has 1 aliphatic carbocycles. The molecule has 0 spiro atoms. The molecule has 1 aliphatic rings. The van der Waals surface area contributed by atoms with Crippen LogP contribution < -0.4 is 10.6 Å². The van der Waals surface area contributed by atoms with Gasteiger partial charge in [0.15, 0.2) is 0 Å². The summed E-state index contributed by atoms with van der Waals surface area (Å²) >= 11 is 0. The minimum atomic E-state index is -0.465. The number of benzene rings is 2. The first-order chi connectivity index (χ1) is 13.6. The third-order valence-electron chi connectivity index (χ3n) is 5.31. The zero-order valence-electron chi connectivity index (χ0n) is 19.0. The SMILES string of the molecule is CC([C]1[CH][CH][CH][C]1P(C(C)(C)C)C(C)(C)C)P(c1ccccc1)c1ccccc1. The maximum absolute atomic E-state index is 2.45. The van der Waals surface area contributed by atoms with Crippen LogP contribution in [-0.2, 0) is 0 Å². The van der Waals surface area contributed by atoms with Gasteiger partial charge in [0, 0.05) is 5.66 Å². The highest BCUT2D eigenvalue weighted by Crippen LogP contribution is 2.72. The lowest BCUT2D eigenvalue weighted by molar-refractivity contribution is 0.704. The highest BCUT2D eigenvalue weighted by atomic mass is 31.1. The molecule has 0 saturated heterocycles. The second-order valence-corrected chi connectivity index (χ2v) is 16.1. The molecule has 1 atom stereocenters. The van der Waals surface area contributed by atoms with E-state index in [-0.39, 0.29) is 18.2 Å². The van der Waals surface area contributed by atoms with Crippen molar-refractivity contribution in [1.29, 1.82) is 0 Å². The Morgan fingerprint density at radius 3 is 1.52 bits per heavy atom. The van der Waals surface area contributed by atoms with Gasteiger partial charge in [-0.2, -0.15) is 0 Å². The van der Waals surface area contributed by atoms with Crippen molar-refractivity contribution in [3.8, 4) is 0 Å². The molecule has 0 aromatic heterocycles. The lowest BCUT2D eigenvalue weighted by Crippen LogP contribution is -2.33. The Balaban J connectivity index is 2.00. The summed E-state index contributed by atoms with van der Waals surface area (Å²) in [6, 6.07) is 22.2. The quantitative estimate of drug-likeness (QED) is 0.444. The van der Waals surface area contributed by atoms with Gasteiger partial charge < -0.3 is 0 Å². The smallest absolute Gasteiger partial charge is 0.0125 e. The Bertz CT molecular complexity index is 701. The third kappa shape index (κ3) is 5.32. The second-order valence-electron chi connectivity index (χ2n) is 9.76. The fourth-order valence-corrected chi connectivity index (χ4v) is 11.6. The van der Waals surface area contributed by atoms with E-state index in [9.17, 15) is 0 Å². The Hall–Kier alpha value is -0.700. The van der Waals surface area contributed by atoms with E-state index < -0.39 is 7.92 Å². The summed E-state index contributed by atoms with van der Waals surface area (Å²) in [5.74, 6) is 1.56. The minimum Gasteiger partial charge on any atom is -0.0874 e. The molecule has 3 rings (SSSR count). The Kier molecular flexibility index (Phi) is 7.29. The van der Waals surface area contributed by atoms with Crippen molar-refractivity contribution < 1.29 is 0 Å². The topological polar surface area (TPSA) is 0 Å². The van der Waals surface area contributed by atoms with Crippen LogP contribution in [-0.4, -0.2) is 16.0 Å². The predicted molar refractivity (Wildman–Crippen MR) is 134 cm³/mol. The van der Waals surface area contributed by atoms with E-state index in [0.29, 0.717) is 5.66 Å². The number of hydrogen-bond acceptors (Lipinski definition) is 0. The summed E-state index contributed by atoms with van der Waals surface area (Å²) in [4.78, 5) is 0. The van der Waals surface area contributed by atoms with Gasteiger partial charge in [0.1, 0.15) is 0 Å². The van der Waals surface area contributed by atoms with Gasteiger partial charge >= 0.3 is 0 Å². The molecule has 2 heteroatoms. The van der Waals surface area contributed by atoms with Gasteiger partial charge in [-0.3, -0.25) is 0 Å². The Morgan fingerprint density at radius 1 is 0.655 bits per heavy atom. The highest BCUT2D eigenvalue weighted by Gasteiger charge is 2.48. The van der Waals surface area contributed by atoms with E-state index in [2.05, 4.69) is 128 Å². The second kappa shape index (κ2) is 9.20. The minimum absolute atomic E-state index is 0.276. The first-order valence-electron chi connectivity index (χ1n) is 10.6. The largest absolute Gasteiger partial charge is 0.0874 e. The molecule has 0 amide bonds. The first kappa shape index (κ1) is 23.0. The van der Waals surface area contributed by atoms with Gasteiger partial charge in [0.25, 0.3) is 0 Å². The summed E-state index contributed by atoms with van der Waals surface area (Å²) in [6.07, 6.45) is 7.10. The average Bonchev–Trinajstić information content (AvgIpc) is 3.10. The van der Waals surface area contributed by atoms with Crippen LogP contribution in [0, 0.1) is 30.8 Å². The van der Waals surface area contributed by atoms with Gasteiger partial charge in [-0.15, -0.1) is 0 Å². The van der Waals surface area contributed by atoms with Gasteiger partial charge in [-0.05, 0) is 59.7 Å². The van der Waals surface area contributed by atoms with Crippen molar-refractivity contribution in [3.63, 3.8) is 0 Å². The van der Waals surface area contributed by atoms with E-state index in [4.69, 9.17) is 0 Å². The van der Waals surface area contributed by atoms with Crippen molar-refractivity contribution >= 4 is 26.5 Å². The van der Waals surface area contributed by atoms with Gasteiger partial charge in [-0.25, -0.2) is 0 Å². The van der Waals surface area contributed by atoms with Crippen LogP contribution in [0.1, 0.15) is 48.5 Å². The zero-order chi connectivity index (χ0) is 21.2. The number of hydrogen-bond donors (Lipinski definition) is 0. The van der Waals surface area contributed by atoms with Crippen LogP contribution in [0.3, 0.4) is 0 Å². The Morgan fingerprint density at radius 2 is 1.10 bits per heavy atom. The van der Waals surface area contributed by atoms with Crippen molar-refractivity contribution in [2.75, 3.05) is 0 Å².